The first kappa shape index (κ1) is 23.6. The van der Waals surface area contributed by atoms with Crippen molar-refractivity contribution in [2.75, 3.05) is 16.8 Å². The molecule has 1 heterocycles. The van der Waals surface area contributed by atoms with Crippen molar-refractivity contribution < 1.29 is 19.5 Å². The summed E-state index contributed by atoms with van der Waals surface area (Å²) in [5.74, 6) is -1.86. The molecule has 0 saturated carbocycles. The van der Waals surface area contributed by atoms with E-state index in [1.165, 1.54) is 12.1 Å². The SMILES string of the molecule is CN1C(=O)N(c2ccc(CC(NC(=O)c3c(Cl)cccc3Cl)C(=O)O)cc2)Cc2ccccc21. The molecule has 1 aliphatic rings. The average molecular weight is 498 g/mol. The molecule has 3 amide bonds. The fraction of sp³-hybridized carbons (Fsp3) is 0.160. The summed E-state index contributed by atoms with van der Waals surface area (Å²) in [5, 5.41) is 12.4. The lowest BCUT2D eigenvalue weighted by atomic mass is 10.0. The van der Waals surface area contributed by atoms with Gasteiger partial charge in [0, 0.05) is 19.2 Å². The Labute approximate surface area is 206 Å². The average Bonchev–Trinajstić information content (AvgIpc) is 2.81. The molecule has 0 radical (unpaired) electrons. The first-order valence-electron chi connectivity index (χ1n) is 10.5. The zero-order chi connectivity index (χ0) is 24.4. The first-order chi connectivity index (χ1) is 16.3. The number of rotatable bonds is 6. The summed E-state index contributed by atoms with van der Waals surface area (Å²) in [6, 6.07) is 18.0. The maximum Gasteiger partial charge on any atom is 0.329 e. The van der Waals surface area contributed by atoms with Gasteiger partial charge >= 0.3 is 12.0 Å². The van der Waals surface area contributed by atoms with E-state index in [1.54, 1.807) is 47.2 Å². The van der Waals surface area contributed by atoms with Crippen LogP contribution in [0.1, 0.15) is 21.5 Å². The van der Waals surface area contributed by atoms with Gasteiger partial charge in [-0.3, -0.25) is 14.6 Å². The van der Waals surface area contributed by atoms with Gasteiger partial charge in [0.2, 0.25) is 0 Å². The van der Waals surface area contributed by atoms with Crippen molar-refractivity contribution in [2.24, 2.45) is 0 Å². The van der Waals surface area contributed by atoms with Gasteiger partial charge in [0.15, 0.2) is 0 Å². The number of fused-ring (bicyclic) bond motifs is 1. The van der Waals surface area contributed by atoms with E-state index in [0.717, 1.165) is 11.3 Å². The molecule has 0 bridgehead atoms. The standard InChI is InChI=1S/C25H21Cl2N3O4/c1-29-21-8-3-2-5-16(21)14-30(25(29)34)17-11-9-15(10-12-17)13-20(24(32)33)28-23(31)22-18(26)6-4-7-19(22)27/h2-12,20H,13-14H2,1H3,(H,28,31)(H,32,33). The molecule has 2 N–H and O–H groups in total. The van der Waals surface area contributed by atoms with Crippen molar-refractivity contribution in [3.05, 3.63) is 93.5 Å². The van der Waals surface area contributed by atoms with Crippen LogP contribution in [0, 0.1) is 0 Å². The molecule has 0 saturated heterocycles. The summed E-state index contributed by atoms with van der Waals surface area (Å²) in [6.45, 7) is 0.436. The molecule has 9 heteroatoms. The highest BCUT2D eigenvalue weighted by Gasteiger charge is 2.29. The fourth-order valence-corrected chi connectivity index (χ4v) is 4.46. The Balaban J connectivity index is 1.49. The van der Waals surface area contributed by atoms with Gasteiger partial charge in [-0.15, -0.1) is 0 Å². The van der Waals surface area contributed by atoms with Gasteiger partial charge in [-0.25, -0.2) is 9.59 Å². The van der Waals surface area contributed by atoms with Crippen molar-refractivity contribution in [3.8, 4) is 0 Å². The number of carbonyl (C=O) groups excluding carboxylic acids is 2. The van der Waals surface area contributed by atoms with Gasteiger partial charge in [-0.05, 0) is 41.5 Å². The van der Waals surface area contributed by atoms with E-state index < -0.39 is 17.9 Å². The number of amides is 3. The van der Waals surface area contributed by atoms with E-state index in [-0.39, 0.29) is 28.1 Å². The molecule has 1 aliphatic heterocycles. The highest BCUT2D eigenvalue weighted by Crippen LogP contribution is 2.31. The van der Waals surface area contributed by atoms with Gasteiger partial charge < -0.3 is 10.4 Å². The third-order valence-electron chi connectivity index (χ3n) is 5.68. The van der Waals surface area contributed by atoms with E-state index in [0.29, 0.717) is 17.8 Å². The topological polar surface area (TPSA) is 90.0 Å². The smallest absolute Gasteiger partial charge is 0.329 e. The summed E-state index contributed by atoms with van der Waals surface area (Å²) in [7, 11) is 1.73. The van der Waals surface area contributed by atoms with Crippen LogP contribution in [0.5, 0.6) is 0 Å². The fourth-order valence-electron chi connectivity index (χ4n) is 3.89. The van der Waals surface area contributed by atoms with E-state index in [9.17, 15) is 19.5 Å². The second-order valence-electron chi connectivity index (χ2n) is 7.89. The molecular formula is C25H21Cl2N3O4. The van der Waals surface area contributed by atoms with Crippen molar-refractivity contribution in [3.63, 3.8) is 0 Å². The molecule has 174 valence electrons. The predicted molar refractivity (Wildman–Crippen MR) is 132 cm³/mol. The van der Waals surface area contributed by atoms with Gasteiger partial charge in [0.25, 0.3) is 5.91 Å². The molecule has 3 aromatic carbocycles. The monoisotopic (exact) mass is 497 g/mol. The largest absolute Gasteiger partial charge is 0.480 e. The normalized spacial score (nSPS) is 13.9. The maximum absolute atomic E-state index is 12.9. The van der Waals surface area contributed by atoms with Crippen LogP contribution < -0.4 is 15.1 Å². The molecule has 0 aromatic heterocycles. The number of para-hydroxylation sites is 1. The number of halogens is 2. The number of nitrogens with one attached hydrogen (secondary N) is 1. The Morgan fingerprint density at radius 3 is 2.29 bits per heavy atom. The number of hydrogen-bond donors (Lipinski definition) is 2. The highest BCUT2D eigenvalue weighted by atomic mass is 35.5. The lowest BCUT2D eigenvalue weighted by molar-refractivity contribution is -0.139. The van der Waals surface area contributed by atoms with Crippen LogP contribution in [0.15, 0.2) is 66.7 Å². The molecule has 4 rings (SSSR count). The summed E-state index contributed by atoms with van der Waals surface area (Å²) >= 11 is 12.1. The number of carbonyl (C=O) groups is 3. The number of anilines is 2. The third kappa shape index (κ3) is 4.71. The van der Waals surface area contributed by atoms with Crippen LogP contribution in [0.3, 0.4) is 0 Å². The number of carboxylic acids is 1. The van der Waals surface area contributed by atoms with Crippen molar-refractivity contribution in [1.82, 2.24) is 5.32 Å². The number of aliphatic carboxylic acids is 1. The molecule has 0 fully saturated rings. The second kappa shape index (κ2) is 9.75. The Kier molecular flexibility index (Phi) is 6.77. The Morgan fingerprint density at radius 2 is 1.65 bits per heavy atom. The molecular weight excluding hydrogens is 477 g/mol. The zero-order valence-electron chi connectivity index (χ0n) is 18.2. The predicted octanol–water partition coefficient (Wildman–Crippen LogP) is 5.00. The van der Waals surface area contributed by atoms with E-state index in [4.69, 9.17) is 23.2 Å². The number of urea groups is 1. The number of benzene rings is 3. The van der Waals surface area contributed by atoms with E-state index in [1.807, 2.05) is 24.3 Å². The highest BCUT2D eigenvalue weighted by molar-refractivity contribution is 6.39. The summed E-state index contributed by atoms with van der Waals surface area (Å²) in [6.07, 6.45) is 0.0418. The maximum atomic E-state index is 12.9. The van der Waals surface area contributed by atoms with Crippen LogP contribution >= 0.6 is 23.2 Å². The molecule has 1 atom stereocenters. The van der Waals surface area contributed by atoms with Crippen LogP contribution in [-0.4, -0.2) is 36.1 Å². The molecule has 1 unspecified atom stereocenters. The summed E-state index contributed by atoms with van der Waals surface area (Å²) in [4.78, 5) is 40.6. The van der Waals surface area contributed by atoms with E-state index >= 15 is 0 Å². The van der Waals surface area contributed by atoms with Gasteiger partial charge in [-0.2, -0.15) is 0 Å². The summed E-state index contributed by atoms with van der Waals surface area (Å²) in [5.41, 5.74) is 3.30. The van der Waals surface area contributed by atoms with Crippen molar-refractivity contribution >= 4 is 52.5 Å². The Hall–Kier alpha value is -3.55. The third-order valence-corrected chi connectivity index (χ3v) is 6.31. The van der Waals surface area contributed by atoms with Gasteiger partial charge in [0.05, 0.1) is 27.8 Å². The minimum Gasteiger partial charge on any atom is -0.480 e. The first-order valence-corrected chi connectivity index (χ1v) is 11.2. The molecule has 7 nitrogen and oxygen atoms in total. The minimum absolute atomic E-state index is 0.0282. The number of carboxylic acid groups (broad SMARTS) is 1. The van der Waals surface area contributed by atoms with Crippen LogP contribution in [0.2, 0.25) is 10.0 Å². The lowest BCUT2D eigenvalue weighted by Gasteiger charge is -2.35. The number of hydrogen-bond acceptors (Lipinski definition) is 3. The van der Waals surface area contributed by atoms with Gasteiger partial charge in [-0.1, -0.05) is 59.6 Å². The minimum atomic E-state index is -1.19. The van der Waals surface area contributed by atoms with Crippen LogP contribution in [0.4, 0.5) is 16.2 Å². The molecule has 3 aromatic rings. The van der Waals surface area contributed by atoms with Crippen molar-refractivity contribution in [1.29, 1.82) is 0 Å². The molecule has 0 spiro atoms. The molecule has 0 aliphatic carbocycles. The lowest BCUT2D eigenvalue weighted by Crippen LogP contribution is -2.45. The van der Waals surface area contributed by atoms with Crippen molar-refractivity contribution in [2.45, 2.75) is 19.0 Å². The van der Waals surface area contributed by atoms with E-state index in [2.05, 4.69) is 5.32 Å². The van der Waals surface area contributed by atoms with Gasteiger partial charge in [0.1, 0.15) is 6.04 Å². The Bertz CT molecular complexity index is 1240. The Morgan fingerprint density at radius 1 is 1.00 bits per heavy atom. The van der Waals surface area contributed by atoms with Crippen LogP contribution in [0.25, 0.3) is 0 Å². The molecule has 34 heavy (non-hydrogen) atoms. The van der Waals surface area contributed by atoms with Crippen LogP contribution in [-0.2, 0) is 17.8 Å². The number of nitrogens with zero attached hydrogens (tertiary/aromatic N) is 2. The summed E-state index contributed by atoms with van der Waals surface area (Å²) < 4.78 is 0. The zero-order valence-corrected chi connectivity index (χ0v) is 19.7. The second-order valence-corrected chi connectivity index (χ2v) is 8.70. The quantitative estimate of drug-likeness (QED) is 0.501.